The van der Waals surface area contributed by atoms with Crippen molar-refractivity contribution in [3.8, 4) is 89.3 Å². The highest BCUT2D eigenvalue weighted by molar-refractivity contribution is 6.10. The number of aromatic nitrogens is 2. The van der Waals surface area contributed by atoms with Crippen molar-refractivity contribution < 1.29 is 0 Å². The first-order chi connectivity index (χ1) is 52.6. The molecule has 0 aliphatic heterocycles. The molecule has 0 saturated carbocycles. The molecule has 500 valence electrons. The van der Waals surface area contributed by atoms with Gasteiger partial charge >= 0.3 is 0 Å². The number of benzene rings is 17. The zero-order chi connectivity index (χ0) is 70.5. The molecule has 0 unspecified atom stereocenters. The first-order valence-corrected chi connectivity index (χ1v) is 36.3. The molecule has 0 bridgehead atoms. The van der Waals surface area contributed by atoms with Gasteiger partial charge in [0.15, 0.2) is 0 Å². The molecule has 2 heterocycles. The maximum atomic E-state index is 2.41. The van der Waals surface area contributed by atoms with Gasteiger partial charge in [0.2, 0.25) is 0 Å². The van der Waals surface area contributed by atoms with Crippen LogP contribution in [-0.2, 0) is 0 Å². The minimum absolute atomic E-state index is 1.10. The van der Waals surface area contributed by atoms with Crippen LogP contribution in [0.2, 0.25) is 0 Å². The molecule has 0 fully saturated rings. The van der Waals surface area contributed by atoms with E-state index in [0.717, 1.165) is 45.5 Å². The Balaban J connectivity index is 0.000000151. The van der Waals surface area contributed by atoms with Crippen LogP contribution in [0.5, 0.6) is 0 Å². The minimum Gasteiger partial charge on any atom is -0.311 e. The van der Waals surface area contributed by atoms with Crippen LogP contribution < -0.4 is 9.80 Å². The zero-order valence-corrected chi connectivity index (χ0v) is 58.4. The quantitative estimate of drug-likeness (QED) is 0.102. The molecule has 17 aromatic carbocycles. The second-order valence-electron chi connectivity index (χ2n) is 26.8. The molecule has 4 heteroatoms. The van der Waals surface area contributed by atoms with Gasteiger partial charge in [0.05, 0.1) is 33.4 Å². The normalized spacial score (nSPS) is 11.2. The van der Waals surface area contributed by atoms with Crippen molar-refractivity contribution in [1.82, 2.24) is 9.13 Å². The van der Waals surface area contributed by atoms with E-state index < -0.39 is 0 Å². The van der Waals surface area contributed by atoms with E-state index in [4.69, 9.17) is 0 Å². The second-order valence-corrected chi connectivity index (χ2v) is 26.8. The summed E-state index contributed by atoms with van der Waals surface area (Å²) >= 11 is 0. The summed E-state index contributed by atoms with van der Waals surface area (Å²) in [5.41, 5.74) is 30.5. The fraction of sp³-hybridized carbons (Fsp3) is 0. The van der Waals surface area contributed by atoms with Crippen molar-refractivity contribution in [2.45, 2.75) is 0 Å². The SMILES string of the molecule is c1ccc(-c2ccc(-c3ccc(N(c4ccc(-c5ccccc5)cc4)c4ccc(-c5cccc(-n6c7ccccc7c7ccccc76)c5)cc4)cc3)cc2)cc1.c1ccc(-c2ccccc2N(c2ccc(-c3cccc(-n4c5ccccc5c5ccccc54)c3)cc2)c2ccccc2-c2ccccc2)cc1. The third-order valence-electron chi connectivity index (χ3n) is 20.4. The highest BCUT2D eigenvalue weighted by Crippen LogP contribution is 2.46. The van der Waals surface area contributed by atoms with Crippen LogP contribution in [0.15, 0.2) is 437 Å². The Bertz CT molecular complexity index is 6070. The molecule has 19 aromatic rings. The molecule has 0 aliphatic rings. The van der Waals surface area contributed by atoms with E-state index >= 15 is 0 Å². The molecule has 0 atom stereocenters. The van der Waals surface area contributed by atoms with Gasteiger partial charge in [-0.2, -0.15) is 0 Å². The van der Waals surface area contributed by atoms with Crippen molar-refractivity contribution in [2.24, 2.45) is 0 Å². The lowest BCUT2D eigenvalue weighted by Crippen LogP contribution is -2.12. The van der Waals surface area contributed by atoms with Gasteiger partial charge < -0.3 is 18.9 Å². The van der Waals surface area contributed by atoms with Crippen LogP contribution in [0.4, 0.5) is 34.1 Å². The van der Waals surface area contributed by atoms with Gasteiger partial charge in [-0.15, -0.1) is 0 Å². The van der Waals surface area contributed by atoms with Gasteiger partial charge in [0.25, 0.3) is 0 Å². The van der Waals surface area contributed by atoms with Crippen LogP contribution in [0.25, 0.3) is 133 Å². The summed E-state index contributed by atoms with van der Waals surface area (Å²) in [6.07, 6.45) is 0. The summed E-state index contributed by atoms with van der Waals surface area (Å²) in [5.74, 6) is 0. The summed E-state index contributed by atoms with van der Waals surface area (Å²) in [6, 6.07) is 157. The van der Waals surface area contributed by atoms with Crippen LogP contribution in [0, 0.1) is 0 Å². The molecule has 0 aliphatic carbocycles. The Morgan fingerprint density at radius 1 is 0.151 bits per heavy atom. The zero-order valence-electron chi connectivity index (χ0n) is 58.4. The number of para-hydroxylation sites is 6. The molecule has 0 spiro atoms. The lowest BCUT2D eigenvalue weighted by Gasteiger charge is -2.30. The first kappa shape index (κ1) is 64.1. The smallest absolute Gasteiger partial charge is 0.0541 e. The summed E-state index contributed by atoms with van der Waals surface area (Å²) in [6.45, 7) is 0. The van der Waals surface area contributed by atoms with Gasteiger partial charge in [-0.05, 0) is 176 Å². The Morgan fingerprint density at radius 2 is 0.377 bits per heavy atom. The Hall–Kier alpha value is -14.1. The Morgan fingerprint density at radius 3 is 0.698 bits per heavy atom. The summed E-state index contributed by atoms with van der Waals surface area (Å²) in [5, 5.41) is 5.07. The van der Waals surface area contributed by atoms with Crippen molar-refractivity contribution in [3.63, 3.8) is 0 Å². The molecule has 0 N–H and O–H groups in total. The molecule has 4 nitrogen and oxygen atoms in total. The maximum absolute atomic E-state index is 2.41. The summed E-state index contributed by atoms with van der Waals surface area (Å²) in [4.78, 5) is 4.75. The van der Waals surface area contributed by atoms with Gasteiger partial charge in [-0.1, -0.05) is 328 Å². The Labute approximate surface area is 618 Å². The van der Waals surface area contributed by atoms with Gasteiger partial charge in [0, 0.05) is 66.8 Å². The number of anilines is 6. The van der Waals surface area contributed by atoms with Crippen LogP contribution in [0.1, 0.15) is 0 Å². The second kappa shape index (κ2) is 28.8. The summed E-state index contributed by atoms with van der Waals surface area (Å²) < 4.78 is 4.76. The highest BCUT2D eigenvalue weighted by Gasteiger charge is 2.22. The van der Waals surface area contributed by atoms with Crippen molar-refractivity contribution in [3.05, 3.63) is 437 Å². The van der Waals surface area contributed by atoms with Crippen molar-refractivity contribution >= 4 is 77.7 Å². The van der Waals surface area contributed by atoms with E-state index in [1.54, 1.807) is 0 Å². The standard InChI is InChI=1S/C54H38N2.C48H34N2/c1-3-12-39(13-4-1)41-22-24-42(25-23-41)44-28-34-48(35-29-44)55(47-32-26-43(27-33-47)40-14-5-2-6-15-40)49-36-30-45(31-37-49)46-16-11-17-50(38-46)56-53-20-9-7-18-51(53)52-19-8-10-21-54(52)56;1-3-16-36(17-4-1)41-22-7-11-26-45(41)49(46-27-12-8-23-42(46)37-18-5-2-6-19-37)39-32-30-35(31-33-39)38-20-15-21-40(34-38)50-47-28-13-9-24-43(47)44-25-10-14-29-48(44)50/h1-38H;1-34H. The maximum Gasteiger partial charge on any atom is 0.0541 e. The largest absolute Gasteiger partial charge is 0.311 e. The number of hydrogen-bond acceptors (Lipinski definition) is 2. The fourth-order valence-electron chi connectivity index (χ4n) is 15.3. The summed E-state index contributed by atoms with van der Waals surface area (Å²) in [7, 11) is 0. The van der Waals surface area contributed by atoms with Crippen LogP contribution >= 0.6 is 0 Å². The number of fused-ring (bicyclic) bond motifs is 6. The lowest BCUT2D eigenvalue weighted by molar-refractivity contribution is 1.18. The average molecular weight is 1350 g/mol. The predicted molar refractivity (Wildman–Crippen MR) is 449 cm³/mol. The van der Waals surface area contributed by atoms with E-state index in [1.165, 1.54) is 122 Å². The number of rotatable bonds is 15. The fourth-order valence-corrected chi connectivity index (χ4v) is 15.3. The molecule has 2 aromatic heterocycles. The molecule has 0 saturated heterocycles. The molecule has 0 radical (unpaired) electrons. The van der Waals surface area contributed by atoms with Crippen molar-refractivity contribution in [1.29, 1.82) is 0 Å². The highest BCUT2D eigenvalue weighted by atomic mass is 15.2. The molecule has 106 heavy (non-hydrogen) atoms. The third-order valence-corrected chi connectivity index (χ3v) is 20.4. The van der Waals surface area contributed by atoms with Crippen molar-refractivity contribution in [2.75, 3.05) is 9.80 Å². The molecular formula is C102H72N4. The van der Waals surface area contributed by atoms with E-state index in [9.17, 15) is 0 Å². The van der Waals surface area contributed by atoms with Gasteiger partial charge in [-0.3, -0.25) is 0 Å². The molecule has 0 amide bonds. The predicted octanol–water partition coefficient (Wildman–Crippen LogP) is 28.2. The van der Waals surface area contributed by atoms with E-state index in [-0.39, 0.29) is 0 Å². The molecule has 19 rings (SSSR count). The first-order valence-electron chi connectivity index (χ1n) is 36.3. The van der Waals surface area contributed by atoms with Crippen LogP contribution in [0.3, 0.4) is 0 Å². The topological polar surface area (TPSA) is 16.3 Å². The third kappa shape index (κ3) is 12.6. The average Bonchev–Trinajstić information content (AvgIpc) is 1.57. The van der Waals surface area contributed by atoms with Gasteiger partial charge in [0.1, 0.15) is 0 Å². The van der Waals surface area contributed by atoms with E-state index in [2.05, 4.69) is 456 Å². The monoisotopic (exact) mass is 1350 g/mol. The number of hydrogen-bond donors (Lipinski definition) is 0. The van der Waals surface area contributed by atoms with E-state index in [0.29, 0.717) is 0 Å². The minimum atomic E-state index is 1.10. The molecular weight excluding hydrogens is 1280 g/mol. The van der Waals surface area contributed by atoms with Crippen LogP contribution in [-0.4, -0.2) is 9.13 Å². The number of nitrogens with zero attached hydrogens (tertiary/aromatic N) is 4. The van der Waals surface area contributed by atoms with E-state index in [1.807, 2.05) is 0 Å². The van der Waals surface area contributed by atoms with Gasteiger partial charge in [-0.25, -0.2) is 0 Å². The Kier molecular flexibility index (Phi) is 17.4. The lowest BCUT2D eigenvalue weighted by atomic mass is 9.98.